The van der Waals surface area contributed by atoms with Crippen molar-refractivity contribution in [1.29, 1.82) is 0 Å². The predicted molar refractivity (Wildman–Crippen MR) is 400 cm³/mol. The molecule has 2 unspecified atom stereocenters. The first kappa shape index (κ1) is 94.3. The number of aliphatic hydroxyl groups excluding tert-OH is 1. The zero-order valence-corrected chi connectivity index (χ0v) is 63.0. The number of aldehydes is 2. The maximum absolute atomic E-state index is 13.1. The van der Waals surface area contributed by atoms with E-state index in [1.807, 2.05) is 12.2 Å². The number of allylic oxidation sites excluding steroid dienone is 16. The van der Waals surface area contributed by atoms with Crippen molar-refractivity contribution < 1.29 is 80.2 Å². The Labute approximate surface area is 595 Å². The fourth-order valence-electron chi connectivity index (χ4n) is 10.1. The minimum atomic E-state index is -4.93. The van der Waals surface area contributed by atoms with E-state index in [1.165, 1.54) is 38.5 Å². The Balaban J connectivity index is 5.28. The number of unbranched alkanes of at least 4 members (excludes halogenated alkanes) is 32. The lowest BCUT2D eigenvalue weighted by atomic mass is 10.1. The van der Waals surface area contributed by atoms with E-state index in [0.717, 1.165) is 224 Å². The number of esters is 2. The van der Waals surface area contributed by atoms with Gasteiger partial charge in [-0.2, -0.15) is 0 Å². The molecule has 0 aromatic heterocycles. The third-order valence-corrected chi connectivity index (χ3v) is 17.9. The van der Waals surface area contributed by atoms with Crippen LogP contribution in [0.15, 0.2) is 97.2 Å². The van der Waals surface area contributed by atoms with Gasteiger partial charge in [0.2, 0.25) is 0 Å². The van der Waals surface area contributed by atoms with Crippen LogP contribution in [0.3, 0.4) is 0 Å². The average Bonchev–Trinajstić information content (AvgIpc) is 1.08. The number of rotatable bonds is 76. The average molecular weight is 1420 g/mol. The Bertz CT molecular complexity index is 2170. The fourth-order valence-corrected chi connectivity index (χ4v) is 11.7. The lowest BCUT2D eigenvalue weighted by Crippen LogP contribution is -2.30. The van der Waals surface area contributed by atoms with Crippen LogP contribution in [-0.2, 0) is 65.4 Å². The van der Waals surface area contributed by atoms with Crippen LogP contribution in [-0.4, -0.2) is 111 Å². The number of carbonyl (C=O) groups excluding carboxylic acids is 4. The molecule has 0 radical (unpaired) electrons. The third kappa shape index (κ3) is 73.5. The molecule has 0 heterocycles. The van der Waals surface area contributed by atoms with Gasteiger partial charge in [-0.05, 0) is 161 Å². The van der Waals surface area contributed by atoms with Crippen molar-refractivity contribution in [2.24, 2.45) is 0 Å². The molecule has 0 aliphatic carbocycles. The molecular weight excluding hydrogens is 1280 g/mol. The molecule has 98 heavy (non-hydrogen) atoms. The summed E-state index contributed by atoms with van der Waals surface area (Å²) < 4.78 is 69.8. The highest BCUT2D eigenvalue weighted by atomic mass is 31.2. The fraction of sp³-hybridized carbons (Fsp3) is 0.747. The first-order chi connectivity index (χ1) is 47.9. The van der Waals surface area contributed by atoms with E-state index in [2.05, 4.69) is 98.9 Å². The van der Waals surface area contributed by atoms with E-state index < -0.39 is 72.3 Å². The second kappa shape index (κ2) is 74.5. The number of phosphoric acid groups is 2. The molecule has 0 rings (SSSR count). The molecule has 0 aromatic rings. The summed E-state index contributed by atoms with van der Waals surface area (Å²) in [5.41, 5.74) is 0. The monoisotopic (exact) mass is 1420 g/mol. The van der Waals surface area contributed by atoms with Gasteiger partial charge in [0.15, 0.2) is 6.10 Å². The van der Waals surface area contributed by atoms with E-state index in [-0.39, 0.29) is 26.1 Å². The van der Waals surface area contributed by atoms with Crippen molar-refractivity contribution in [3.8, 4) is 0 Å². The van der Waals surface area contributed by atoms with E-state index in [1.54, 1.807) is 0 Å². The zero-order chi connectivity index (χ0) is 71.5. The van der Waals surface area contributed by atoms with Gasteiger partial charge in [-0.25, -0.2) is 9.13 Å². The van der Waals surface area contributed by atoms with Crippen LogP contribution in [0.25, 0.3) is 0 Å². The van der Waals surface area contributed by atoms with Gasteiger partial charge in [0, 0.05) is 38.9 Å². The van der Waals surface area contributed by atoms with Gasteiger partial charge in [-0.1, -0.05) is 220 Å². The van der Waals surface area contributed by atoms with E-state index >= 15 is 0 Å². The standard InChI is InChI=1S/C79H138O17P2/c1-3-5-7-9-11-13-15-17-19-20-22-27-33-39-45-51-57-63-78(83)91-72-77(96-79(84)64-58-52-46-40-34-28-21-18-16-14-12-10-8-6-4-2)74-95-98(87,88)93-70-75(82)69-92-97(85,86)94-73-76(90-68-62-56-50-44-38-32-26-24-30-36-42-48-54-60-66-81)71-89-67-61-55-49-43-37-31-25-23-29-35-41-47-53-59-65-80/h11-14,17-19,21-27,39,45,65-66,75-77,82H,3-10,15-16,20,28-38,40-44,46-64,67-74H2,1-2H3,(H,85,86)(H,87,88)/b13-11-,14-12-,19-17-,21-18-,25-23-,26-24-,27-22-,45-39-/t75-,76+,77+/m0/s1. The molecule has 0 spiro atoms. The first-order valence-electron chi connectivity index (χ1n) is 38.4. The minimum absolute atomic E-state index is 0.0875. The lowest BCUT2D eigenvalue weighted by Gasteiger charge is -2.21. The summed E-state index contributed by atoms with van der Waals surface area (Å²) in [6, 6.07) is 0. The van der Waals surface area contributed by atoms with Crippen molar-refractivity contribution in [3.63, 3.8) is 0 Å². The summed E-state index contributed by atoms with van der Waals surface area (Å²) in [4.78, 5) is 68.0. The zero-order valence-electron chi connectivity index (χ0n) is 61.3. The van der Waals surface area contributed by atoms with Crippen molar-refractivity contribution in [2.75, 3.05) is 52.9 Å². The second-order valence-electron chi connectivity index (χ2n) is 25.5. The molecule has 0 fully saturated rings. The first-order valence-corrected chi connectivity index (χ1v) is 41.4. The van der Waals surface area contributed by atoms with Gasteiger partial charge in [0.25, 0.3) is 0 Å². The number of aliphatic hydroxyl groups is 1. The maximum Gasteiger partial charge on any atom is 0.472 e. The Morgan fingerprint density at radius 3 is 1.07 bits per heavy atom. The lowest BCUT2D eigenvalue weighted by molar-refractivity contribution is -0.161. The smallest absolute Gasteiger partial charge is 0.462 e. The van der Waals surface area contributed by atoms with Crippen LogP contribution in [0.2, 0.25) is 0 Å². The number of ether oxygens (including phenoxy) is 4. The number of carbonyl (C=O) groups is 4. The van der Waals surface area contributed by atoms with Crippen molar-refractivity contribution in [3.05, 3.63) is 97.2 Å². The number of hydrogen-bond donors (Lipinski definition) is 3. The van der Waals surface area contributed by atoms with Crippen molar-refractivity contribution in [2.45, 2.75) is 328 Å². The molecule has 0 saturated carbocycles. The highest BCUT2D eigenvalue weighted by Crippen LogP contribution is 2.45. The summed E-state index contributed by atoms with van der Waals surface area (Å²) >= 11 is 0. The molecule has 3 N–H and O–H groups in total. The molecule has 0 bridgehead atoms. The van der Waals surface area contributed by atoms with Crippen LogP contribution in [0.4, 0.5) is 0 Å². The molecule has 566 valence electrons. The van der Waals surface area contributed by atoms with Crippen LogP contribution in [0.5, 0.6) is 0 Å². The Morgan fingerprint density at radius 2 is 0.653 bits per heavy atom. The Morgan fingerprint density at radius 1 is 0.337 bits per heavy atom. The van der Waals surface area contributed by atoms with Crippen molar-refractivity contribution >= 4 is 40.2 Å². The van der Waals surface area contributed by atoms with Crippen LogP contribution >= 0.6 is 15.6 Å². The molecule has 5 atom stereocenters. The SMILES string of the molecule is CCCCC/C=C\C/C=C\C/C=C\C/C=C\CCCC(=O)OC[C@H](COP(=O)(O)OC[C@@H](O)COP(=O)(O)OC[C@@H](COCCCCCCC/C=C\CCCCCCC=O)OCCCCCCC/C=C\CCCCCCC=O)OC(=O)CCCCCCC/C=C\C/C=C\CCCCC. The summed E-state index contributed by atoms with van der Waals surface area (Å²) in [7, 11) is -9.71. The highest BCUT2D eigenvalue weighted by molar-refractivity contribution is 7.47. The third-order valence-electron chi connectivity index (χ3n) is 16.0. The summed E-state index contributed by atoms with van der Waals surface area (Å²) in [6.07, 6.45) is 78.0. The molecule has 17 nitrogen and oxygen atoms in total. The van der Waals surface area contributed by atoms with Gasteiger partial charge >= 0.3 is 27.6 Å². The minimum Gasteiger partial charge on any atom is -0.462 e. The molecule has 0 aliphatic rings. The summed E-state index contributed by atoms with van der Waals surface area (Å²) in [5.74, 6) is -1.12. The van der Waals surface area contributed by atoms with Crippen LogP contribution < -0.4 is 0 Å². The van der Waals surface area contributed by atoms with Crippen molar-refractivity contribution in [1.82, 2.24) is 0 Å². The van der Waals surface area contributed by atoms with Crippen LogP contribution in [0.1, 0.15) is 309 Å². The van der Waals surface area contributed by atoms with Gasteiger partial charge in [0.1, 0.15) is 31.4 Å². The van der Waals surface area contributed by atoms with Gasteiger partial charge < -0.3 is 43.4 Å². The van der Waals surface area contributed by atoms with E-state index in [4.69, 9.17) is 37.0 Å². The quantitative estimate of drug-likeness (QED) is 0.0169. The van der Waals surface area contributed by atoms with Gasteiger partial charge in [-0.15, -0.1) is 0 Å². The summed E-state index contributed by atoms with van der Waals surface area (Å²) in [6.45, 7) is 2.35. The van der Waals surface area contributed by atoms with Crippen LogP contribution in [0, 0.1) is 0 Å². The molecule has 0 aromatic carbocycles. The normalized spacial score (nSPS) is 14.5. The largest absolute Gasteiger partial charge is 0.472 e. The Kier molecular flexibility index (Phi) is 71.7. The molecule has 19 heteroatoms. The molecule has 0 aliphatic heterocycles. The maximum atomic E-state index is 13.1. The summed E-state index contributed by atoms with van der Waals surface area (Å²) in [5, 5.41) is 10.6. The predicted octanol–water partition coefficient (Wildman–Crippen LogP) is 21.3. The van der Waals surface area contributed by atoms with Gasteiger partial charge in [-0.3, -0.25) is 27.7 Å². The Hall–Kier alpha value is -3.70. The second-order valence-corrected chi connectivity index (χ2v) is 28.4. The number of phosphoric ester groups is 2. The van der Waals surface area contributed by atoms with E-state index in [0.29, 0.717) is 45.3 Å². The molecule has 0 saturated heterocycles. The van der Waals surface area contributed by atoms with Gasteiger partial charge in [0.05, 0.1) is 33.0 Å². The molecule has 0 amide bonds. The molecular formula is C79H138O17P2. The topological polar surface area (TPSA) is 237 Å². The highest BCUT2D eigenvalue weighted by Gasteiger charge is 2.30. The van der Waals surface area contributed by atoms with E-state index in [9.17, 15) is 43.2 Å². The number of hydrogen-bond acceptors (Lipinski definition) is 15.